The molecule has 0 aliphatic carbocycles. The van der Waals surface area contributed by atoms with Crippen molar-refractivity contribution in [1.29, 1.82) is 0 Å². The van der Waals surface area contributed by atoms with Gasteiger partial charge in [0, 0.05) is 18.4 Å². The van der Waals surface area contributed by atoms with Crippen LogP contribution in [0.15, 0.2) is 0 Å². The van der Waals surface area contributed by atoms with Gasteiger partial charge in [-0.3, -0.25) is 14.4 Å². The van der Waals surface area contributed by atoms with E-state index < -0.39 is 29.9 Å². The molecule has 0 aliphatic rings. The van der Waals surface area contributed by atoms with E-state index in [-0.39, 0.29) is 24.9 Å². The van der Waals surface area contributed by atoms with Gasteiger partial charge < -0.3 is 26.8 Å². The number of primary amides is 1. The second-order valence-corrected chi connectivity index (χ2v) is 5.50. The van der Waals surface area contributed by atoms with Crippen molar-refractivity contribution in [3.05, 3.63) is 0 Å². The molecular weight excluding hydrogens is 304 g/mol. The van der Waals surface area contributed by atoms with E-state index in [0.29, 0.717) is 12.8 Å². The predicted octanol–water partition coefficient (Wildman–Crippen LogP) is -0.445. The van der Waals surface area contributed by atoms with Gasteiger partial charge >= 0.3 is 6.09 Å². The molecule has 0 heterocycles. The highest BCUT2D eigenvalue weighted by molar-refractivity contribution is 5.88. The van der Waals surface area contributed by atoms with Crippen LogP contribution in [0.4, 0.5) is 4.79 Å². The second kappa shape index (κ2) is 10.4. The van der Waals surface area contributed by atoms with Crippen LogP contribution in [0.1, 0.15) is 40.0 Å². The highest BCUT2D eigenvalue weighted by atomic mass is 16.4. The molecule has 0 fully saturated rings. The van der Waals surface area contributed by atoms with Gasteiger partial charge in [-0.05, 0) is 19.8 Å². The smallest absolute Gasteiger partial charge is 0.404 e. The van der Waals surface area contributed by atoms with Gasteiger partial charge in [-0.1, -0.05) is 13.8 Å². The lowest BCUT2D eigenvalue weighted by Gasteiger charge is -2.22. The molecule has 0 aromatic carbocycles. The Kier molecular flexibility index (Phi) is 9.36. The first kappa shape index (κ1) is 20.7. The quantitative estimate of drug-likeness (QED) is 0.368. The maximum atomic E-state index is 12.2. The Morgan fingerprint density at radius 2 is 1.74 bits per heavy atom. The molecule has 0 spiro atoms. The SMILES string of the molecule is CCCC(=O)N[C@@H](CNC(=O)O)C(=O)N[C@@H](C)C[C@H](C)C(N)=O. The van der Waals surface area contributed by atoms with Crippen molar-refractivity contribution >= 4 is 23.8 Å². The van der Waals surface area contributed by atoms with E-state index in [2.05, 4.69) is 16.0 Å². The molecule has 0 saturated heterocycles. The molecular formula is C14H26N4O5. The summed E-state index contributed by atoms with van der Waals surface area (Å²) in [5, 5.41) is 15.8. The summed E-state index contributed by atoms with van der Waals surface area (Å²) in [4.78, 5) is 45.4. The van der Waals surface area contributed by atoms with Gasteiger partial charge in [-0.15, -0.1) is 0 Å². The number of nitrogens with two attached hydrogens (primary N) is 1. The van der Waals surface area contributed by atoms with Crippen LogP contribution < -0.4 is 21.7 Å². The van der Waals surface area contributed by atoms with Crippen molar-refractivity contribution < 1.29 is 24.3 Å². The monoisotopic (exact) mass is 330 g/mol. The molecule has 0 rings (SSSR count). The fourth-order valence-corrected chi connectivity index (χ4v) is 1.94. The number of rotatable bonds is 10. The molecule has 132 valence electrons. The van der Waals surface area contributed by atoms with Crippen molar-refractivity contribution in [3.8, 4) is 0 Å². The predicted molar refractivity (Wildman–Crippen MR) is 83.4 cm³/mol. The summed E-state index contributed by atoms with van der Waals surface area (Å²) in [6.45, 7) is 4.93. The summed E-state index contributed by atoms with van der Waals surface area (Å²) in [5.74, 6) is -1.73. The van der Waals surface area contributed by atoms with Crippen LogP contribution in [0.2, 0.25) is 0 Å². The van der Waals surface area contributed by atoms with E-state index in [4.69, 9.17) is 10.8 Å². The number of carbonyl (C=O) groups excluding carboxylic acids is 3. The van der Waals surface area contributed by atoms with Crippen molar-refractivity contribution in [3.63, 3.8) is 0 Å². The van der Waals surface area contributed by atoms with Gasteiger partial charge in [0.1, 0.15) is 6.04 Å². The molecule has 0 aliphatic heterocycles. The molecule has 9 heteroatoms. The first-order valence-corrected chi connectivity index (χ1v) is 7.53. The highest BCUT2D eigenvalue weighted by Gasteiger charge is 2.23. The number of amides is 4. The maximum absolute atomic E-state index is 12.2. The minimum atomic E-state index is -1.29. The first-order chi connectivity index (χ1) is 10.7. The number of carbonyl (C=O) groups is 4. The summed E-state index contributed by atoms with van der Waals surface area (Å²) in [6.07, 6.45) is -0.0873. The molecule has 0 saturated carbocycles. The van der Waals surface area contributed by atoms with Crippen LogP contribution in [0.5, 0.6) is 0 Å². The highest BCUT2D eigenvalue weighted by Crippen LogP contribution is 2.05. The molecule has 0 unspecified atom stereocenters. The summed E-state index contributed by atoms with van der Waals surface area (Å²) in [7, 11) is 0. The summed E-state index contributed by atoms with van der Waals surface area (Å²) in [5.41, 5.74) is 5.17. The normalized spacial score (nSPS) is 14.2. The van der Waals surface area contributed by atoms with E-state index in [9.17, 15) is 19.2 Å². The molecule has 23 heavy (non-hydrogen) atoms. The Morgan fingerprint density at radius 1 is 1.13 bits per heavy atom. The Labute approximate surface area is 135 Å². The number of nitrogens with one attached hydrogen (secondary N) is 3. The van der Waals surface area contributed by atoms with Gasteiger partial charge in [0.2, 0.25) is 17.7 Å². The fraction of sp³-hybridized carbons (Fsp3) is 0.714. The van der Waals surface area contributed by atoms with Crippen LogP contribution in [-0.2, 0) is 14.4 Å². The zero-order valence-electron chi connectivity index (χ0n) is 13.7. The molecule has 0 bridgehead atoms. The largest absolute Gasteiger partial charge is 0.465 e. The van der Waals surface area contributed by atoms with Crippen LogP contribution in [0, 0.1) is 5.92 Å². The van der Waals surface area contributed by atoms with E-state index in [0.717, 1.165) is 0 Å². The van der Waals surface area contributed by atoms with Crippen molar-refractivity contribution in [2.24, 2.45) is 11.7 Å². The zero-order valence-corrected chi connectivity index (χ0v) is 13.7. The van der Waals surface area contributed by atoms with E-state index >= 15 is 0 Å². The standard InChI is InChI=1S/C14H26N4O5/c1-4-5-11(19)18-10(7-16-14(22)23)13(21)17-9(3)6-8(2)12(15)20/h8-10,16H,4-7H2,1-3H3,(H2,15,20)(H,17,21)(H,18,19)(H,22,23)/t8-,9-,10-/m0/s1. The van der Waals surface area contributed by atoms with Gasteiger partial charge in [0.15, 0.2) is 0 Å². The van der Waals surface area contributed by atoms with Crippen molar-refractivity contribution in [2.75, 3.05) is 6.54 Å². The average Bonchev–Trinajstić information content (AvgIpc) is 2.42. The van der Waals surface area contributed by atoms with E-state index in [1.54, 1.807) is 13.8 Å². The van der Waals surface area contributed by atoms with Crippen LogP contribution in [-0.4, -0.2) is 47.5 Å². The molecule has 6 N–H and O–H groups in total. The van der Waals surface area contributed by atoms with Gasteiger partial charge in [-0.25, -0.2) is 4.79 Å². The fourth-order valence-electron chi connectivity index (χ4n) is 1.94. The third-order valence-electron chi connectivity index (χ3n) is 3.17. The van der Waals surface area contributed by atoms with E-state index in [1.165, 1.54) is 0 Å². The summed E-state index contributed by atoms with van der Waals surface area (Å²) >= 11 is 0. The van der Waals surface area contributed by atoms with Crippen LogP contribution in [0.3, 0.4) is 0 Å². The summed E-state index contributed by atoms with van der Waals surface area (Å²) in [6, 6.07) is -1.36. The Balaban J connectivity index is 4.66. The Hall–Kier alpha value is -2.32. The van der Waals surface area contributed by atoms with E-state index in [1.807, 2.05) is 6.92 Å². The Bertz CT molecular complexity index is 441. The molecule has 0 aromatic heterocycles. The number of hydrogen-bond donors (Lipinski definition) is 5. The van der Waals surface area contributed by atoms with Gasteiger partial charge in [0.25, 0.3) is 0 Å². The molecule has 4 amide bonds. The van der Waals surface area contributed by atoms with Crippen LogP contribution >= 0.6 is 0 Å². The molecule has 9 nitrogen and oxygen atoms in total. The lowest BCUT2D eigenvalue weighted by molar-refractivity contribution is -0.129. The molecule has 3 atom stereocenters. The van der Waals surface area contributed by atoms with Gasteiger partial charge in [0.05, 0.1) is 6.54 Å². The molecule has 0 aromatic rings. The lowest BCUT2D eigenvalue weighted by Crippen LogP contribution is -2.54. The summed E-state index contributed by atoms with van der Waals surface area (Å²) < 4.78 is 0. The average molecular weight is 330 g/mol. The third-order valence-corrected chi connectivity index (χ3v) is 3.17. The van der Waals surface area contributed by atoms with Gasteiger partial charge in [-0.2, -0.15) is 0 Å². The van der Waals surface area contributed by atoms with Crippen molar-refractivity contribution in [2.45, 2.75) is 52.1 Å². The minimum absolute atomic E-state index is 0.241. The number of hydrogen-bond acceptors (Lipinski definition) is 4. The van der Waals surface area contributed by atoms with Crippen LogP contribution in [0.25, 0.3) is 0 Å². The Morgan fingerprint density at radius 3 is 2.22 bits per heavy atom. The zero-order chi connectivity index (χ0) is 18.0. The topological polar surface area (TPSA) is 151 Å². The number of carboxylic acid groups (broad SMARTS) is 1. The second-order valence-electron chi connectivity index (χ2n) is 5.50. The third kappa shape index (κ3) is 9.33. The van der Waals surface area contributed by atoms with Crippen molar-refractivity contribution in [1.82, 2.24) is 16.0 Å². The molecule has 0 radical (unpaired) electrons. The maximum Gasteiger partial charge on any atom is 0.404 e. The minimum Gasteiger partial charge on any atom is -0.465 e. The first-order valence-electron chi connectivity index (χ1n) is 7.53. The lowest BCUT2D eigenvalue weighted by atomic mass is 10.0.